The summed E-state index contributed by atoms with van der Waals surface area (Å²) < 4.78 is 38.4. The van der Waals surface area contributed by atoms with Crippen LogP contribution in [0.2, 0.25) is 0 Å². The van der Waals surface area contributed by atoms with Gasteiger partial charge in [0, 0.05) is 18.0 Å². The Kier molecular flexibility index (Phi) is 6.20. The molecule has 104 valence electrons. The van der Waals surface area contributed by atoms with Gasteiger partial charge in [0.1, 0.15) is 11.6 Å². The Morgan fingerprint density at radius 2 is 2.11 bits per heavy atom. The molecule has 4 nitrogen and oxygen atoms in total. The van der Waals surface area contributed by atoms with E-state index in [0.29, 0.717) is 17.0 Å². The summed E-state index contributed by atoms with van der Waals surface area (Å²) in [5.74, 6) is 0. The van der Waals surface area contributed by atoms with Crippen LogP contribution < -0.4 is 10.0 Å². The van der Waals surface area contributed by atoms with Crippen molar-refractivity contribution in [1.82, 2.24) is 10.0 Å². The first kappa shape index (κ1) is 15.6. The molecule has 0 bridgehead atoms. The zero-order valence-electron chi connectivity index (χ0n) is 10.6. The van der Waals surface area contributed by atoms with E-state index >= 15 is 0 Å². The van der Waals surface area contributed by atoms with Crippen LogP contribution in [-0.2, 0) is 16.6 Å². The molecular formula is C11H19FN2O2S2. The van der Waals surface area contributed by atoms with Crippen LogP contribution in [0.25, 0.3) is 0 Å². The van der Waals surface area contributed by atoms with Crippen LogP contribution in [0.5, 0.6) is 0 Å². The van der Waals surface area contributed by atoms with Crippen molar-refractivity contribution >= 4 is 21.4 Å². The van der Waals surface area contributed by atoms with Crippen LogP contribution in [-0.4, -0.2) is 28.2 Å². The van der Waals surface area contributed by atoms with E-state index in [1.165, 1.54) is 11.3 Å². The molecule has 0 spiro atoms. The Labute approximate surface area is 112 Å². The maximum absolute atomic E-state index is 12.1. The van der Waals surface area contributed by atoms with Gasteiger partial charge in [-0.3, -0.25) is 0 Å². The lowest BCUT2D eigenvalue weighted by atomic mass is 10.3. The predicted molar refractivity (Wildman–Crippen MR) is 72.2 cm³/mol. The first-order chi connectivity index (χ1) is 8.53. The lowest BCUT2D eigenvalue weighted by Crippen LogP contribution is -2.27. The first-order valence-electron chi connectivity index (χ1n) is 5.86. The molecule has 18 heavy (non-hydrogen) atoms. The first-order valence-corrected chi connectivity index (χ1v) is 8.22. The van der Waals surface area contributed by atoms with Gasteiger partial charge >= 0.3 is 0 Å². The number of aryl methyl sites for hydroxylation is 1. The van der Waals surface area contributed by atoms with Crippen LogP contribution in [0.1, 0.15) is 23.8 Å². The van der Waals surface area contributed by atoms with Crippen LogP contribution in [0.4, 0.5) is 4.39 Å². The van der Waals surface area contributed by atoms with Crippen LogP contribution in [0.15, 0.2) is 10.3 Å². The second-order valence-electron chi connectivity index (χ2n) is 3.93. The minimum atomic E-state index is -3.60. The summed E-state index contributed by atoms with van der Waals surface area (Å²) in [5.41, 5.74) is 0.708. The van der Waals surface area contributed by atoms with Gasteiger partial charge in [-0.1, -0.05) is 6.92 Å². The zero-order chi connectivity index (χ0) is 13.6. The Bertz CT molecular complexity index is 471. The van der Waals surface area contributed by atoms with Gasteiger partial charge in [-0.15, -0.1) is 11.3 Å². The molecule has 2 N–H and O–H groups in total. The van der Waals surface area contributed by atoms with Crippen molar-refractivity contribution in [2.24, 2.45) is 0 Å². The van der Waals surface area contributed by atoms with Crippen molar-refractivity contribution < 1.29 is 12.8 Å². The average Bonchev–Trinajstić information content (AvgIpc) is 2.69. The average molecular weight is 294 g/mol. The molecule has 0 aromatic carbocycles. The van der Waals surface area contributed by atoms with Crippen molar-refractivity contribution in [2.75, 3.05) is 19.8 Å². The highest BCUT2D eigenvalue weighted by molar-refractivity contribution is 7.89. The van der Waals surface area contributed by atoms with Crippen molar-refractivity contribution in [3.63, 3.8) is 0 Å². The summed E-state index contributed by atoms with van der Waals surface area (Å²) >= 11 is 1.41. The second-order valence-corrected chi connectivity index (χ2v) is 6.60. The van der Waals surface area contributed by atoms with Crippen LogP contribution >= 0.6 is 11.3 Å². The summed E-state index contributed by atoms with van der Waals surface area (Å²) in [4.78, 5) is 1.07. The molecule has 0 fully saturated rings. The quantitative estimate of drug-likeness (QED) is 0.719. The fourth-order valence-corrected chi connectivity index (χ4v) is 4.38. The molecule has 7 heteroatoms. The van der Waals surface area contributed by atoms with E-state index in [1.54, 1.807) is 6.92 Å². The van der Waals surface area contributed by atoms with Gasteiger partial charge in [0.15, 0.2) is 0 Å². The van der Waals surface area contributed by atoms with Gasteiger partial charge in [-0.05, 0) is 30.8 Å². The van der Waals surface area contributed by atoms with E-state index in [2.05, 4.69) is 10.0 Å². The molecule has 0 amide bonds. The Balaban J connectivity index is 2.89. The molecule has 0 atom stereocenters. The van der Waals surface area contributed by atoms with Gasteiger partial charge in [0.05, 0.1) is 0 Å². The fourth-order valence-electron chi connectivity index (χ4n) is 1.59. The molecule has 0 saturated heterocycles. The smallest absolute Gasteiger partial charge is 0.242 e. The lowest BCUT2D eigenvalue weighted by Gasteiger charge is -2.08. The molecule has 0 radical (unpaired) electrons. The van der Waals surface area contributed by atoms with E-state index in [1.807, 2.05) is 12.3 Å². The van der Waals surface area contributed by atoms with Crippen molar-refractivity contribution in [2.45, 2.75) is 31.7 Å². The Morgan fingerprint density at radius 1 is 1.39 bits per heavy atom. The molecule has 0 unspecified atom stereocenters. The molecule has 0 saturated carbocycles. The molecule has 0 aliphatic rings. The molecule has 1 rings (SSSR count). The third-order valence-electron chi connectivity index (χ3n) is 2.36. The third-order valence-corrected chi connectivity index (χ3v) is 5.28. The van der Waals surface area contributed by atoms with Gasteiger partial charge in [-0.2, -0.15) is 0 Å². The summed E-state index contributed by atoms with van der Waals surface area (Å²) in [5, 5.41) is 4.99. The largest absolute Gasteiger partial charge is 0.312 e. The van der Waals surface area contributed by atoms with E-state index in [-0.39, 0.29) is 6.54 Å². The van der Waals surface area contributed by atoms with Crippen molar-refractivity contribution in [3.05, 3.63) is 15.8 Å². The van der Waals surface area contributed by atoms with E-state index in [4.69, 9.17) is 0 Å². The minimum absolute atomic E-state index is 0.181. The van der Waals surface area contributed by atoms with Crippen molar-refractivity contribution in [1.29, 1.82) is 0 Å². The van der Waals surface area contributed by atoms with Crippen LogP contribution in [0.3, 0.4) is 0 Å². The molecule has 0 aliphatic carbocycles. The maximum Gasteiger partial charge on any atom is 0.242 e. The highest BCUT2D eigenvalue weighted by Crippen LogP contribution is 2.26. The fraction of sp³-hybridized carbons (Fsp3) is 0.636. The van der Waals surface area contributed by atoms with Gasteiger partial charge < -0.3 is 5.32 Å². The zero-order valence-corrected chi connectivity index (χ0v) is 12.3. The number of rotatable bonds is 8. The molecule has 1 aromatic rings. The third kappa shape index (κ3) is 4.01. The highest BCUT2D eigenvalue weighted by atomic mass is 32.2. The number of hydrogen-bond donors (Lipinski definition) is 2. The Hall–Kier alpha value is -0.500. The molecule has 0 aliphatic heterocycles. The summed E-state index contributed by atoms with van der Waals surface area (Å²) in [6, 6.07) is 0. The Morgan fingerprint density at radius 3 is 2.72 bits per heavy atom. The normalized spacial score (nSPS) is 11.9. The van der Waals surface area contributed by atoms with Gasteiger partial charge in [-0.25, -0.2) is 17.5 Å². The van der Waals surface area contributed by atoms with Gasteiger partial charge in [0.2, 0.25) is 10.0 Å². The SMILES string of the molecule is CCCNCc1scc(C)c1S(=O)(=O)NCCF. The number of halogens is 1. The van der Waals surface area contributed by atoms with Crippen molar-refractivity contribution in [3.8, 4) is 0 Å². The minimum Gasteiger partial charge on any atom is -0.312 e. The van der Waals surface area contributed by atoms with E-state index < -0.39 is 16.7 Å². The number of nitrogens with one attached hydrogen (secondary N) is 2. The molecule has 1 aromatic heterocycles. The summed E-state index contributed by atoms with van der Waals surface area (Å²) in [6.07, 6.45) is 0.993. The van der Waals surface area contributed by atoms with E-state index in [9.17, 15) is 12.8 Å². The molecular weight excluding hydrogens is 275 g/mol. The maximum atomic E-state index is 12.1. The standard InChI is InChI=1S/C11H19FN2O2S2/c1-3-5-13-7-10-11(9(2)8-17-10)18(15,16)14-6-4-12/h8,13-14H,3-7H2,1-2H3. The number of hydrogen-bond acceptors (Lipinski definition) is 4. The van der Waals surface area contributed by atoms with E-state index in [0.717, 1.165) is 17.8 Å². The number of alkyl halides is 1. The number of thiophene rings is 1. The predicted octanol–water partition coefficient (Wildman–Crippen LogP) is 1.80. The molecule has 1 heterocycles. The second kappa shape index (κ2) is 7.18. The lowest BCUT2D eigenvalue weighted by molar-refractivity contribution is 0.486. The summed E-state index contributed by atoms with van der Waals surface area (Å²) in [6.45, 7) is 4.29. The van der Waals surface area contributed by atoms with Crippen LogP contribution in [0, 0.1) is 6.92 Å². The highest BCUT2D eigenvalue weighted by Gasteiger charge is 2.22. The summed E-state index contributed by atoms with van der Waals surface area (Å²) in [7, 11) is -3.60. The number of sulfonamides is 1. The monoisotopic (exact) mass is 294 g/mol. The van der Waals surface area contributed by atoms with Gasteiger partial charge in [0.25, 0.3) is 0 Å². The topological polar surface area (TPSA) is 58.2 Å².